The third kappa shape index (κ3) is 3.65. The van der Waals surface area contributed by atoms with Gasteiger partial charge in [-0.25, -0.2) is 0 Å². The molecular formula is C18H19NO3. The first-order valence-electron chi connectivity index (χ1n) is 7.48. The van der Waals surface area contributed by atoms with Gasteiger partial charge in [-0.1, -0.05) is 17.7 Å². The first-order valence-corrected chi connectivity index (χ1v) is 7.48. The minimum Gasteiger partial charge on any atom is -0.457 e. The molecule has 114 valence electrons. The standard InChI is InChI=1S/C18H19NO3/c1-13-4-8-15(9-5-13)22-16-10-6-14(7-11-16)19-18(20)17-3-2-12-21-17/h4-11,17H,2-3,12H2,1H3,(H,19,20)/t17-/m0/s1. The van der Waals surface area contributed by atoms with Crippen molar-refractivity contribution in [2.45, 2.75) is 25.9 Å². The fourth-order valence-corrected chi connectivity index (χ4v) is 2.36. The number of amides is 1. The Bertz CT molecular complexity index is 628. The van der Waals surface area contributed by atoms with Crippen molar-refractivity contribution in [3.05, 3.63) is 54.1 Å². The molecule has 1 saturated heterocycles. The molecule has 1 aliphatic rings. The molecule has 0 aliphatic carbocycles. The van der Waals surface area contributed by atoms with Gasteiger partial charge in [-0.05, 0) is 56.2 Å². The zero-order valence-corrected chi connectivity index (χ0v) is 12.5. The lowest BCUT2D eigenvalue weighted by Crippen LogP contribution is -2.26. The summed E-state index contributed by atoms with van der Waals surface area (Å²) in [5, 5.41) is 2.86. The molecule has 4 nitrogen and oxygen atoms in total. The number of carbonyl (C=O) groups is 1. The van der Waals surface area contributed by atoms with Crippen molar-refractivity contribution in [3.63, 3.8) is 0 Å². The molecule has 1 heterocycles. The quantitative estimate of drug-likeness (QED) is 0.931. The number of hydrogen-bond acceptors (Lipinski definition) is 3. The molecule has 1 aliphatic heterocycles. The van der Waals surface area contributed by atoms with Gasteiger partial charge in [0.15, 0.2) is 0 Å². The van der Waals surface area contributed by atoms with E-state index in [2.05, 4.69) is 5.32 Å². The van der Waals surface area contributed by atoms with E-state index in [1.54, 1.807) is 0 Å². The van der Waals surface area contributed by atoms with Gasteiger partial charge in [0.1, 0.15) is 17.6 Å². The van der Waals surface area contributed by atoms with Crippen LogP contribution in [0.5, 0.6) is 11.5 Å². The SMILES string of the molecule is Cc1ccc(Oc2ccc(NC(=O)[C@@H]3CCCO3)cc2)cc1. The van der Waals surface area contributed by atoms with Crippen LogP contribution in [0.1, 0.15) is 18.4 Å². The van der Waals surface area contributed by atoms with Crippen LogP contribution in [0.2, 0.25) is 0 Å². The van der Waals surface area contributed by atoms with E-state index in [-0.39, 0.29) is 12.0 Å². The summed E-state index contributed by atoms with van der Waals surface area (Å²) >= 11 is 0. The number of rotatable bonds is 4. The van der Waals surface area contributed by atoms with Gasteiger partial charge in [0.05, 0.1) is 0 Å². The van der Waals surface area contributed by atoms with Crippen molar-refractivity contribution in [1.29, 1.82) is 0 Å². The van der Waals surface area contributed by atoms with E-state index in [0.29, 0.717) is 6.61 Å². The Balaban J connectivity index is 1.60. The van der Waals surface area contributed by atoms with Gasteiger partial charge in [-0.3, -0.25) is 4.79 Å². The molecular weight excluding hydrogens is 278 g/mol. The van der Waals surface area contributed by atoms with Crippen LogP contribution in [0.15, 0.2) is 48.5 Å². The predicted octanol–water partition coefficient (Wildman–Crippen LogP) is 3.90. The van der Waals surface area contributed by atoms with Crippen LogP contribution in [0.4, 0.5) is 5.69 Å². The van der Waals surface area contributed by atoms with Gasteiger partial charge in [0.25, 0.3) is 5.91 Å². The molecule has 2 aromatic carbocycles. The van der Waals surface area contributed by atoms with E-state index in [4.69, 9.17) is 9.47 Å². The molecule has 0 unspecified atom stereocenters. The number of anilines is 1. The monoisotopic (exact) mass is 297 g/mol. The van der Waals surface area contributed by atoms with E-state index >= 15 is 0 Å². The van der Waals surface area contributed by atoms with Gasteiger partial charge in [-0.15, -0.1) is 0 Å². The van der Waals surface area contributed by atoms with Crippen molar-refractivity contribution in [1.82, 2.24) is 0 Å². The number of hydrogen-bond donors (Lipinski definition) is 1. The maximum absolute atomic E-state index is 12.0. The highest BCUT2D eigenvalue weighted by Gasteiger charge is 2.23. The fourth-order valence-electron chi connectivity index (χ4n) is 2.36. The molecule has 0 aromatic heterocycles. The average Bonchev–Trinajstić information content (AvgIpc) is 3.06. The largest absolute Gasteiger partial charge is 0.457 e. The zero-order chi connectivity index (χ0) is 15.4. The van der Waals surface area contributed by atoms with Gasteiger partial charge < -0.3 is 14.8 Å². The van der Waals surface area contributed by atoms with Gasteiger partial charge in [0, 0.05) is 12.3 Å². The lowest BCUT2D eigenvalue weighted by molar-refractivity contribution is -0.124. The maximum Gasteiger partial charge on any atom is 0.253 e. The van der Waals surface area contributed by atoms with E-state index in [1.807, 2.05) is 55.5 Å². The summed E-state index contributed by atoms with van der Waals surface area (Å²) in [5.41, 5.74) is 1.94. The van der Waals surface area contributed by atoms with Crippen LogP contribution in [0, 0.1) is 6.92 Å². The van der Waals surface area contributed by atoms with Crippen molar-refractivity contribution in [3.8, 4) is 11.5 Å². The second kappa shape index (κ2) is 6.62. The molecule has 1 amide bonds. The Kier molecular flexibility index (Phi) is 4.39. The summed E-state index contributed by atoms with van der Waals surface area (Å²) in [6, 6.07) is 15.2. The average molecular weight is 297 g/mol. The topological polar surface area (TPSA) is 47.6 Å². The summed E-state index contributed by atoms with van der Waals surface area (Å²) in [4.78, 5) is 12.0. The summed E-state index contributed by atoms with van der Waals surface area (Å²) in [6.45, 7) is 2.71. The predicted molar refractivity (Wildman–Crippen MR) is 85.3 cm³/mol. The normalized spacial score (nSPS) is 17.2. The Hall–Kier alpha value is -2.33. The van der Waals surface area contributed by atoms with Crippen molar-refractivity contribution in [2.24, 2.45) is 0 Å². The summed E-state index contributed by atoms with van der Waals surface area (Å²) < 4.78 is 11.1. The first-order chi connectivity index (χ1) is 10.7. The van der Waals surface area contributed by atoms with Gasteiger partial charge in [0.2, 0.25) is 0 Å². The molecule has 1 atom stereocenters. The molecule has 0 bridgehead atoms. The highest BCUT2D eigenvalue weighted by atomic mass is 16.5. The molecule has 2 aromatic rings. The molecule has 1 fully saturated rings. The lowest BCUT2D eigenvalue weighted by Gasteiger charge is -2.11. The van der Waals surface area contributed by atoms with Gasteiger partial charge in [-0.2, -0.15) is 0 Å². The smallest absolute Gasteiger partial charge is 0.253 e. The second-order valence-electron chi connectivity index (χ2n) is 5.43. The maximum atomic E-state index is 12.0. The van der Waals surface area contributed by atoms with Crippen LogP contribution < -0.4 is 10.1 Å². The molecule has 22 heavy (non-hydrogen) atoms. The van der Waals surface area contributed by atoms with E-state index in [9.17, 15) is 4.79 Å². The molecule has 0 spiro atoms. The van der Waals surface area contributed by atoms with E-state index in [1.165, 1.54) is 5.56 Å². The third-order valence-corrected chi connectivity index (χ3v) is 3.60. The fraction of sp³-hybridized carbons (Fsp3) is 0.278. The zero-order valence-electron chi connectivity index (χ0n) is 12.5. The van der Waals surface area contributed by atoms with Crippen molar-refractivity contribution in [2.75, 3.05) is 11.9 Å². The Labute approximate surface area is 130 Å². The van der Waals surface area contributed by atoms with Crippen LogP contribution >= 0.6 is 0 Å². The number of ether oxygens (including phenoxy) is 2. The number of carbonyl (C=O) groups excluding carboxylic acids is 1. The minimum absolute atomic E-state index is 0.0790. The Morgan fingerprint density at radius 3 is 2.32 bits per heavy atom. The van der Waals surface area contributed by atoms with Crippen LogP contribution in [0.25, 0.3) is 0 Å². The molecule has 0 saturated carbocycles. The minimum atomic E-state index is -0.316. The molecule has 3 rings (SSSR count). The molecule has 0 radical (unpaired) electrons. The van der Waals surface area contributed by atoms with E-state index in [0.717, 1.165) is 30.0 Å². The molecule has 4 heteroatoms. The summed E-state index contributed by atoms with van der Waals surface area (Å²) in [6.07, 6.45) is 1.42. The van der Waals surface area contributed by atoms with Crippen LogP contribution in [-0.4, -0.2) is 18.6 Å². The number of nitrogens with one attached hydrogen (secondary N) is 1. The number of aryl methyl sites for hydroxylation is 1. The second-order valence-corrected chi connectivity index (χ2v) is 5.43. The summed E-state index contributed by atoms with van der Waals surface area (Å²) in [5.74, 6) is 1.45. The van der Waals surface area contributed by atoms with Crippen LogP contribution in [0.3, 0.4) is 0 Å². The summed E-state index contributed by atoms with van der Waals surface area (Å²) in [7, 11) is 0. The highest BCUT2D eigenvalue weighted by Crippen LogP contribution is 2.23. The Morgan fingerprint density at radius 1 is 1.09 bits per heavy atom. The van der Waals surface area contributed by atoms with Crippen LogP contribution in [-0.2, 0) is 9.53 Å². The van der Waals surface area contributed by atoms with Crippen molar-refractivity contribution >= 4 is 11.6 Å². The van der Waals surface area contributed by atoms with E-state index < -0.39 is 0 Å². The lowest BCUT2D eigenvalue weighted by atomic mass is 10.2. The molecule has 1 N–H and O–H groups in total. The Morgan fingerprint density at radius 2 is 1.73 bits per heavy atom. The number of benzene rings is 2. The first kappa shape index (κ1) is 14.6. The van der Waals surface area contributed by atoms with Gasteiger partial charge >= 0.3 is 0 Å². The van der Waals surface area contributed by atoms with Crippen molar-refractivity contribution < 1.29 is 14.3 Å². The highest BCUT2D eigenvalue weighted by molar-refractivity contribution is 5.94. The third-order valence-electron chi connectivity index (χ3n) is 3.60.